The van der Waals surface area contributed by atoms with E-state index in [0.29, 0.717) is 24.2 Å². The number of hydrogen-bond donors (Lipinski definition) is 0. The molecule has 0 N–H and O–H groups in total. The normalized spacial score (nSPS) is 17.7. The number of furan rings is 1. The van der Waals surface area contributed by atoms with E-state index in [0.717, 1.165) is 5.39 Å². The van der Waals surface area contributed by atoms with Crippen LogP contribution < -0.4 is 0 Å². The first-order valence-corrected chi connectivity index (χ1v) is 7.16. The van der Waals surface area contributed by atoms with Gasteiger partial charge >= 0.3 is 11.9 Å². The minimum atomic E-state index is -0.861. The van der Waals surface area contributed by atoms with Crippen molar-refractivity contribution in [1.29, 1.82) is 0 Å². The number of rotatable bonds is 5. The van der Waals surface area contributed by atoms with Gasteiger partial charge in [-0.2, -0.15) is 0 Å². The van der Waals surface area contributed by atoms with Crippen LogP contribution in [0.2, 0.25) is 0 Å². The standard InChI is InChI=1S/C16H16O6/c1-2-19-9-11-10-5-3-4-6-12(10)21-14(11)16(18)22-13-7-8-20-15(13)17/h3-6,13H,2,7-9H2,1H3/t13-/m1/s1. The number of fused-ring (bicyclic) bond motifs is 1. The van der Waals surface area contributed by atoms with Crippen LogP contribution in [0, 0.1) is 0 Å². The van der Waals surface area contributed by atoms with E-state index in [1.165, 1.54) is 0 Å². The van der Waals surface area contributed by atoms with Crippen molar-refractivity contribution in [1.82, 2.24) is 0 Å². The van der Waals surface area contributed by atoms with Gasteiger partial charge < -0.3 is 18.6 Å². The van der Waals surface area contributed by atoms with Crippen molar-refractivity contribution in [2.75, 3.05) is 13.2 Å². The van der Waals surface area contributed by atoms with Gasteiger partial charge in [0.05, 0.1) is 13.2 Å². The van der Waals surface area contributed by atoms with E-state index in [2.05, 4.69) is 0 Å². The minimum Gasteiger partial charge on any atom is -0.463 e. The quantitative estimate of drug-likeness (QED) is 0.790. The van der Waals surface area contributed by atoms with Gasteiger partial charge in [-0.15, -0.1) is 0 Å². The average molecular weight is 304 g/mol. The van der Waals surface area contributed by atoms with Crippen molar-refractivity contribution in [2.24, 2.45) is 0 Å². The molecular weight excluding hydrogens is 288 g/mol. The maximum atomic E-state index is 12.3. The van der Waals surface area contributed by atoms with Crippen LogP contribution in [0.25, 0.3) is 11.0 Å². The highest BCUT2D eigenvalue weighted by Gasteiger charge is 2.32. The van der Waals surface area contributed by atoms with Gasteiger partial charge in [-0.1, -0.05) is 18.2 Å². The molecule has 0 unspecified atom stereocenters. The fraction of sp³-hybridized carbons (Fsp3) is 0.375. The number of para-hydroxylation sites is 1. The van der Waals surface area contributed by atoms with Crippen molar-refractivity contribution in [2.45, 2.75) is 26.1 Å². The Balaban J connectivity index is 1.90. The van der Waals surface area contributed by atoms with Gasteiger partial charge in [0.15, 0.2) is 0 Å². The summed E-state index contributed by atoms with van der Waals surface area (Å²) in [6.45, 7) is 2.90. The van der Waals surface area contributed by atoms with E-state index >= 15 is 0 Å². The molecule has 0 amide bonds. The molecule has 1 saturated heterocycles. The van der Waals surface area contributed by atoms with E-state index in [1.807, 2.05) is 25.1 Å². The molecule has 116 valence electrons. The summed E-state index contributed by atoms with van der Waals surface area (Å²) in [6.07, 6.45) is -0.494. The van der Waals surface area contributed by atoms with Crippen LogP contribution in [0.1, 0.15) is 29.5 Å². The Kier molecular flexibility index (Phi) is 4.11. The van der Waals surface area contributed by atoms with Crippen molar-refractivity contribution in [3.63, 3.8) is 0 Å². The van der Waals surface area contributed by atoms with E-state index in [1.54, 1.807) is 6.07 Å². The second-order valence-electron chi connectivity index (χ2n) is 4.89. The predicted molar refractivity (Wildman–Crippen MR) is 76.3 cm³/mol. The molecule has 2 heterocycles. The lowest BCUT2D eigenvalue weighted by molar-refractivity contribution is -0.145. The summed E-state index contributed by atoms with van der Waals surface area (Å²) >= 11 is 0. The van der Waals surface area contributed by atoms with Crippen LogP contribution in [0.15, 0.2) is 28.7 Å². The van der Waals surface area contributed by atoms with Crippen LogP contribution in [0.4, 0.5) is 0 Å². The largest absolute Gasteiger partial charge is 0.463 e. The van der Waals surface area contributed by atoms with Gasteiger partial charge in [0, 0.05) is 24.0 Å². The molecule has 0 aliphatic carbocycles. The molecular formula is C16H16O6. The molecule has 6 nitrogen and oxygen atoms in total. The highest BCUT2D eigenvalue weighted by atomic mass is 16.6. The number of benzene rings is 1. The van der Waals surface area contributed by atoms with Crippen LogP contribution >= 0.6 is 0 Å². The van der Waals surface area contributed by atoms with E-state index in [-0.39, 0.29) is 19.0 Å². The zero-order chi connectivity index (χ0) is 15.5. The summed E-state index contributed by atoms with van der Waals surface area (Å²) in [5.74, 6) is -1.11. The molecule has 6 heteroatoms. The third-order valence-electron chi connectivity index (χ3n) is 3.47. The molecule has 0 saturated carbocycles. The molecule has 1 fully saturated rings. The van der Waals surface area contributed by atoms with Crippen LogP contribution in [0.3, 0.4) is 0 Å². The zero-order valence-electron chi connectivity index (χ0n) is 12.2. The number of esters is 2. The monoisotopic (exact) mass is 304 g/mol. The smallest absolute Gasteiger partial charge is 0.375 e. The lowest BCUT2D eigenvalue weighted by Gasteiger charge is -2.08. The predicted octanol–water partition coefficient (Wildman–Crippen LogP) is 2.44. The van der Waals surface area contributed by atoms with Crippen molar-refractivity contribution >= 4 is 22.9 Å². The molecule has 0 spiro atoms. The summed E-state index contributed by atoms with van der Waals surface area (Å²) in [6, 6.07) is 7.30. The summed E-state index contributed by atoms with van der Waals surface area (Å²) < 4.78 is 21.0. The van der Waals surface area contributed by atoms with Crippen molar-refractivity contribution in [3.8, 4) is 0 Å². The Bertz CT molecular complexity index is 702. The molecule has 3 rings (SSSR count). The lowest BCUT2D eigenvalue weighted by atomic mass is 10.1. The van der Waals surface area contributed by atoms with E-state index < -0.39 is 18.0 Å². The summed E-state index contributed by atoms with van der Waals surface area (Å²) in [5, 5.41) is 0.803. The number of carbonyl (C=O) groups excluding carboxylic acids is 2. The van der Waals surface area contributed by atoms with Gasteiger partial charge in [0.2, 0.25) is 11.9 Å². The molecule has 1 aromatic heterocycles. The Morgan fingerprint density at radius 3 is 2.91 bits per heavy atom. The maximum Gasteiger partial charge on any atom is 0.375 e. The first-order valence-electron chi connectivity index (χ1n) is 7.16. The third-order valence-corrected chi connectivity index (χ3v) is 3.47. The van der Waals surface area contributed by atoms with Gasteiger partial charge in [-0.3, -0.25) is 0 Å². The topological polar surface area (TPSA) is 75.0 Å². The first-order chi connectivity index (χ1) is 10.7. The average Bonchev–Trinajstić information content (AvgIpc) is 3.09. The van der Waals surface area contributed by atoms with Gasteiger partial charge in [0.1, 0.15) is 5.58 Å². The van der Waals surface area contributed by atoms with Crippen molar-refractivity contribution in [3.05, 3.63) is 35.6 Å². The van der Waals surface area contributed by atoms with Crippen LogP contribution in [0.5, 0.6) is 0 Å². The SMILES string of the molecule is CCOCc1c(C(=O)O[C@@H]2CCOC2=O)oc2ccccc12. The molecule has 1 aliphatic rings. The van der Waals surface area contributed by atoms with Crippen molar-refractivity contribution < 1.29 is 28.2 Å². The summed E-state index contributed by atoms with van der Waals surface area (Å²) in [4.78, 5) is 23.7. The lowest BCUT2D eigenvalue weighted by Crippen LogP contribution is -2.23. The number of cyclic esters (lactones) is 1. The molecule has 0 bridgehead atoms. The zero-order valence-corrected chi connectivity index (χ0v) is 12.2. The highest BCUT2D eigenvalue weighted by Crippen LogP contribution is 2.28. The fourth-order valence-corrected chi connectivity index (χ4v) is 2.38. The molecule has 2 aromatic rings. The third kappa shape index (κ3) is 2.69. The van der Waals surface area contributed by atoms with Gasteiger partial charge in [-0.05, 0) is 13.0 Å². The van der Waals surface area contributed by atoms with Crippen LogP contribution in [-0.2, 0) is 25.6 Å². The van der Waals surface area contributed by atoms with E-state index in [9.17, 15) is 9.59 Å². The van der Waals surface area contributed by atoms with Gasteiger partial charge in [-0.25, -0.2) is 9.59 Å². The first kappa shape index (κ1) is 14.6. The molecule has 1 atom stereocenters. The highest BCUT2D eigenvalue weighted by molar-refractivity contribution is 5.97. The minimum absolute atomic E-state index is 0.0781. The fourth-order valence-electron chi connectivity index (χ4n) is 2.38. The molecule has 1 aromatic carbocycles. The number of hydrogen-bond acceptors (Lipinski definition) is 6. The maximum absolute atomic E-state index is 12.3. The Hall–Kier alpha value is -2.34. The second-order valence-corrected chi connectivity index (χ2v) is 4.89. The summed E-state index contributed by atoms with van der Waals surface area (Å²) in [7, 11) is 0. The van der Waals surface area contributed by atoms with E-state index in [4.69, 9.17) is 18.6 Å². The second kappa shape index (κ2) is 6.19. The molecule has 0 radical (unpaired) electrons. The summed E-state index contributed by atoms with van der Waals surface area (Å²) in [5.41, 5.74) is 1.21. The Morgan fingerprint density at radius 2 is 2.18 bits per heavy atom. The Morgan fingerprint density at radius 1 is 1.36 bits per heavy atom. The Labute approximate surface area is 126 Å². The molecule has 22 heavy (non-hydrogen) atoms. The van der Waals surface area contributed by atoms with Crippen LogP contribution in [-0.4, -0.2) is 31.3 Å². The van der Waals surface area contributed by atoms with Gasteiger partial charge in [0.25, 0.3) is 0 Å². The molecule has 1 aliphatic heterocycles. The number of ether oxygens (including phenoxy) is 3. The number of carbonyl (C=O) groups is 2.